The first-order chi connectivity index (χ1) is 13.0. The van der Waals surface area contributed by atoms with E-state index in [2.05, 4.69) is 10.3 Å². The van der Waals surface area contributed by atoms with Crippen LogP contribution in [-0.4, -0.2) is 28.4 Å². The number of benzene rings is 1. The summed E-state index contributed by atoms with van der Waals surface area (Å²) in [6.45, 7) is 0. The second-order valence-electron chi connectivity index (χ2n) is 5.76. The van der Waals surface area contributed by atoms with E-state index in [1.54, 1.807) is 42.5 Å². The second kappa shape index (κ2) is 8.01. The summed E-state index contributed by atoms with van der Waals surface area (Å²) in [4.78, 5) is 41.1. The van der Waals surface area contributed by atoms with Crippen molar-refractivity contribution in [2.24, 2.45) is 0 Å². The van der Waals surface area contributed by atoms with E-state index in [0.717, 1.165) is 0 Å². The van der Waals surface area contributed by atoms with Gasteiger partial charge in [0.25, 0.3) is 11.5 Å². The Balaban J connectivity index is 1.92. The minimum atomic E-state index is -0.682. The zero-order valence-corrected chi connectivity index (χ0v) is 15.1. The summed E-state index contributed by atoms with van der Waals surface area (Å²) in [5.74, 6) is -1.13. The van der Waals surface area contributed by atoms with Gasteiger partial charge in [-0.2, -0.15) is 0 Å². The quantitative estimate of drug-likeness (QED) is 0.681. The largest absolute Gasteiger partial charge is 0.469 e. The van der Waals surface area contributed by atoms with Crippen molar-refractivity contribution in [3.8, 4) is 0 Å². The molecule has 3 rings (SSSR count). The van der Waals surface area contributed by atoms with Crippen molar-refractivity contribution in [1.29, 1.82) is 0 Å². The molecule has 0 spiro atoms. The molecule has 1 amide bonds. The van der Waals surface area contributed by atoms with Crippen molar-refractivity contribution in [3.63, 3.8) is 0 Å². The highest BCUT2D eigenvalue weighted by Gasteiger charge is 2.22. The Morgan fingerprint density at radius 2 is 1.96 bits per heavy atom. The van der Waals surface area contributed by atoms with Crippen molar-refractivity contribution in [3.05, 3.63) is 81.4 Å². The summed E-state index contributed by atoms with van der Waals surface area (Å²) >= 11 is 5.90. The van der Waals surface area contributed by atoms with E-state index in [1.165, 1.54) is 23.9 Å². The van der Waals surface area contributed by atoms with Crippen LogP contribution in [-0.2, 0) is 9.53 Å². The summed E-state index contributed by atoms with van der Waals surface area (Å²) in [6, 6.07) is 11.1. The van der Waals surface area contributed by atoms with E-state index in [9.17, 15) is 14.4 Å². The number of rotatable bonds is 5. The standard InChI is InChI=1S/C19H16ClN3O4/c1-27-17(24)10-15(12-5-7-13(20)8-6-12)22-18(25)14-11-21-16-4-2-3-9-23(16)19(14)26/h2-9,11,15H,10H2,1H3,(H,22,25)/t15-/m0/s1. The number of aromatic nitrogens is 2. The SMILES string of the molecule is COC(=O)C[C@H](NC(=O)c1cnc2ccccn2c1=O)c1ccc(Cl)cc1. The Hall–Kier alpha value is -3.19. The van der Waals surface area contributed by atoms with Crippen LogP contribution in [0.25, 0.3) is 5.65 Å². The second-order valence-corrected chi connectivity index (χ2v) is 6.20. The first-order valence-electron chi connectivity index (χ1n) is 8.09. The van der Waals surface area contributed by atoms with Crippen LogP contribution in [0.2, 0.25) is 5.02 Å². The third-order valence-corrected chi connectivity index (χ3v) is 4.29. The predicted octanol–water partition coefficient (Wildman–Crippen LogP) is 2.38. The van der Waals surface area contributed by atoms with Crippen molar-refractivity contribution < 1.29 is 14.3 Å². The average Bonchev–Trinajstić information content (AvgIpc) is 2.68. The van der Waals surface area contributed by atoms with Crippen LogP contribution >= 0.6 is 11.6 Å². The van der Waals surface area contributed by atoms with Gasteiger partial charge in [-0.1, -0.05) is 29.8 Å². The Morgan fingerprint density at radius 3 is 2.67 bits per heavy atom. The Morgan fingerprint density at radius 1 is 1.22 bits per heavy atom. The van der Waals surface area contributed by atoms with Gasteiger partial charge in [0.1, 0.15) is 11.2 Å². The number of methoxy groups -OCH3 is 1. The lowest BCUT2D eigenvalue weighted by molar-refractivity contribution is -0.141. The first-order valence-corrected chi connectivity index (χ1v) is 8.47. The Bertz CT molecular complexity index is 1050. The number of nitrogens with zero attached hydrogens (tertiary/aromatic N) is 2. The van der Waals surface area contributed by atoms with Gasteiger partial charge in [0.05, 0.1) is 19.6 Å². The van der Waals surface area contributed by atoms with Gasteiger partial charge in [0.2, 0.25) is 0 Å². The maximum Gasteiger partial charge on any atom is 0.307 e. The number of carbonyl (C=O) groups excluding carboxylic acids is 2. The molecule has 1 aromatic carbocycles. The van der Waals surface area contributed by atoms with Gasteiger partial charge < -0.3 is 10.1 Å². The molecule has 0 saturated carbocycles. The van der Waals surface area contributed by atoms with Gasteiger partial charge in [-0.3, -0.25) is 18.8 Å². The molecule has 0 saturated heterocycles. The molecule has 8 heteroatoms. The molecule has 138 valence electrons. The Labute approximate surface area is 159 Å². The highest BCUT2D eigenvalue weighted by molar-refractivity contribution is 6.30. The number of fused-ring (bicyclic) bond motifs is 1. The molecule has 0 aliphatic rings. The zero-order chi connectivity index (χ0) is 19.4. The Kier molecular flexibility index (Phi) is 5.52. The third kappa shape index (κ3) is 4.15. The van der Waals surface area contributed by atoms with Gasteiger partial charge in [-0.25, -0.2) is 4.98 Å². The van der Waals surface area contributed by atoms with Crippen LogP contribution in [0.15, 0.2) is 59.7 Å². The van der Waals surface area contributed by atoms with Gasteiger partial charge in [-0.15, -0.1) is 0 Å². The molecule has 0 aliphatic carbocycles. The maximum absolute atomic E-state index is 12.7. The third-order valence-electron chi connectivity index (χ3n) is 4.03. The molecule has 2 aromatic heterocycles. The van der Waals surface area contributed by atoms with E-state index in [-0.39, 0.29) is 12.0 Å². The van der Waals surface area contributed by atoms with E-state index in [4.69, 9.17) is 16.3 Å². The molecule has 2 heterocycles. The lowest BCUT2D eigenvalue weighted by atomic mass is 10.0. The van der Waals surface area contributed by atoms with Crippen molar-refractivity contribution in [1.82, 2.24) is 14.7 Å². The molecule has 0 bridgehead atoms. The van der Waals surface area contributed by atoms with Crippen LogP contribution < -0.4 is 10.9 Å². The molecule has 1 atom stereocenters. The molecule has 1 N–H and O–H groups in total. The normalized spacial score (nSPS) is 11.8. The average molecular weight is 386 g/mol. The fourth-order valence-corrected chi connectivity index (χ4v) is 2.74. The number of hydrogen-bond donors (Lipinski definition) is 1. The molecule has 0 radical (unpaired) electrons. The van der Waals surface area contributed by atoms with E-state index in [1.807, 2.05) is 0 Å². The highest BCUT2D eigenvalue weighted by Crippen LogP contribution is 2.20. The van der Waals surface area contributed by atoms with Gasteiger partial charge in [-0.05, 0) is 29.8 Å². The predicted molar refractivity (Wildman–Crippen MR) is 99.8 cm³/mol. The van der Waals surface area contributed by atoms with Crippen LogP contribution in [0, 0.1) is 0 Å². The minimum absolute atomic E-state index is 0.0911. The van der Waals surface area contributed by atoms with Crippen molar-refractivity contribution in [2.75, 3.05) is 7.11 Å². The van der Waals surface area contributed by atoms with Gasteiger partial charge in [0.15, 0.2) is 0 Å². The van der Waals surface area contributed by atoms with Crippen LogP contribution in [0.3, 0.4) is 0 Å². The number of carbonyl (C=O) groups is 2. The van der Waals surface area contributed by atoms with Gasteiger partial charge in [0, 0.05) is 17.4 Å². The van der Waals surface area contributed by atoms with Crippen LogP contribution in [0.1, 0.15) is 28.4 Å². The fraction of sp³-hybridized carbons (Fsp3) is 0.158. The van der Waals surface area contributed by atoms with Crippen molar-refractivity contribution >= 4 is 29.1 Å². The molecule has 27 heavy (non-hydrogen) atoms. The number of hydrogen-bond acceptors (Lipinski definition) is 5. The highest BCUT2D eigenvalue weighted by atomic mass is 35.5. The molecule has 0 aliphatic heterocycles. The van der Waals surface area contributed by atoms with Crippen LogP contribution in [0.4, 0.5) is 0 Å². The van der Waals surface area contributed by atoms with E-state index < -0.39 is 23.5 Å². The first kappa shape index (κ1) is 18.6. The minimum Gasteiger partial charge on any atom is -0.469 e. The smallest absolute Gasteiger partial charge is 0.307 e. The molecule has 0 unspecified atom stereocenters. The van der Waals surface area contributed by atoms with Crippen LogP contribution in [0.5, 0.6) is 0 Å². The van der Waals surface area contributed by atoms with E-state index in [0.29, 0.717) is 16.2 Å². The maximum atomic E-state index is 12.7. The lowest BCUT2D eigenvalue weighted by Gasteiger charge is -2.18. The zero-order valence-electron chi connectivity index (χ0n) is 14.4. The molecule has 0 fully saturated rings. The lowest BCUT2D eigenvalue weighted by Crippen LogP contribution is -2.35. The summed E-state index contributed by atoms with van der Waals surface area (Å²) in [5.41, 5.74) is 0.475. The summed E-state index contributed by atoms with van der Waals surface area (Å²) in [5, 5.41) is 3.23. The summed E-state index contributed by atoms with van der Waals surface area (Å²) < 4.78 is 5.98. The summed E-state index contributed by atoms with van der Waals surface area (Å²) in [6.07, 6.45) is 2.67. The molecular weight excluding hydrogens is 370 g/mol. The topological polar surface area (TPSA) is 89.8 Å². The monoisotopic (exact) mass is 385 g/mol. The van der Waals surface area contributed by atoms with Gasteiger partial charge >= 0.3 is 5.97 Å². The number of esters is 1. The van der Waals surface area contributed by atoms with E-state index >= 15 is 0 Å². The molecular formula is C19H16ClN3O4. The number of ether oxygens (including phenoxy) is 1. The van der Waals surface area contributed by atoms with Crippen molar-refractivity contribution in [2.45, 2.75) is 12.5 Å². The number of halogens is 1. The summed E-state index contributed by atoms with van der Waals surface area (Å²) in [7, 11) is 1.27. The fourth-order valence-electron chi connectivity index (χ4n) is 2.62. The number of pyridine rings is 1. The molecule has 7 nitrogen and oxygen atoms in total. The number of amides is 1. The number of nitrogens with one attached hydrogen (secondary N) is 1. The molecule has 3 aromatic rings.